The van der Waals surface area contributed by atoms with E-state index in [1.165, 1.54) is 30.6 Å². The van der Waals surface area contributed by atoms with Gasteiger partial charge in [0.15, 0.2) is 0 Å². The standard InChI is InChI=1S/C13H21NOS/c1-15-13(8-4-2-3-5-9-13)12(14)11-7-6-10-16-11/h6-7,10,12H,2-5,8-9,14H2,1H3. The van der Waals surface area contributed by atoms with E-state index in [2.05, 4.69) is 17.5 Å². The molecule has 0 bridgehead atoms. The van der Waals surface area contributed by atoms with E-state index < -0.39 is 0 Å². The molecule has 1 aliphatic carbocycles. The molecule has 16 heavy (non-hydrogen) atoms. The summed E-state index contributed by atoms with van der Waals surface area (Å²) in [6, 6.07) is 4.23. The number of hydrogen-bond acceptors (Lipinski definition) is 3. The van der Waals surface area contributed by atoms with Crippen LogP contribution in [0.2, 0.25) is 0 Å². The van der Waals surface area contributed by atoms with Crippen LogP contribution in [0.1, 0.15) is 49.4 Å². The smallest absolute Gasteiger partial charge is 0.0878 e. The molecule has 1 unspecified atom stereocenters. The number of ether oxygens (including phenoxy) is 1. The van der Waals surface area contributed by atoms with Crippen molar-refractivity contribution in [2.45, 2.75) is 50.2 Å². The van der Waals surface area contributed by atoms with Crippen molar-refractivity contribution < 1.29 is 4.74 Å². The molecule has 1 fully saturated rings. The van der Waals surface area contributed by atoms with Gasteiger partial charge in [-0.1, -0.05) is 31.7 Å². The third kappa shape index (κ3) is 2.31. The summed E-state index contributed by atoms with van der Waals surface area (Å²) in [7, 11) is 1.82. The highest BCUT2D eigenvalue weighted by Crippen LogP contribution is 2.39. The molecule has 0 radical (unpaired) electrons. The molecule has 0 amide bonds. The van der Waals surface area contributed by atoms with E-state index in [9.17, 15) is 0 Å². The monoisotopic (exact) mass is 239 g/mol. The summed E-state index contributed by atoms with van der Waals surface area (Å²) >= 11 is 1.74. The Balaban J connectivity index is 2.18. The summed E-state index contributed by atoms with van der Waals surface area (Å²) in [6.07, 6.45) is 7.33. The molecule has 3 heteroatoms. The number of hydrogen-bond donors (Lipinski definition) is 1. The zero-order chi connectivity index (χ0) is 11.4. The van der Waals surface area contributed by atoms with Gasteiger partial charge >= 0.3 is 0 Å². The van der Waals surface area contributed by atoms with E-state index in [4.69, 9.17) is 10.5 Å². The van der Waals surface area contributed by atoms with Gasteiger partial charge in [-0.05, 0) is 24.3 Å². The van der Waals surface area contributed by atoms with Crippen LogP contribution in [0, 0.1) is 0 Å². The Labute approximate surface area is 102 Å². The van der Waals surface area contributed by atoms with Crippen LogP contribution in [0.5, 0.6) is 0 Å². The predicted molar refractivity (Wildman–Crippen MR) is 68.7 cm³/mol. The number of nitrogens with two attached hydrogens (primary N) is 1. The van der Waals surface area contributed by atoms with Crippen molar-refractivity contribution in [2.24, 2.45) is 5.73 Å². The lowest BCUT2D eigenvalue weighted by atomic mass is 9.86. The lowest BCUT2D eigenvalue weighted by Crippen LogP contribution is -2.42. The number of thiophene rings is 1. The van der Waals surface area contributed by atoms with Crippen LogP contribution < -0.4 is 5.73 Å². The van der Waals surface area contributed by atoms with Gasteiger partial charge in [0.05, 0.1) is 11.6 Å². The Morgan fingerprint density at radius 1 is 1.31 bits per heavy atom. The molecule has 90 valence electrons. The van der Waals surface area contributed by atoms with Crippen molar-refractivity contribution in [1.29, 1.82) is 0 Å². The lowest BCUT2D eigenvalue weighted by Gasteiger charge is -2.36. The largest absolute Gasteiger partial charge is 0.376 e. The molecule has 1 heterocycles. The van der Waals surface area contributed by atoms with Gasteiger partial charge in [-0.2, -0.15) is 0 Å². The van der Waals surface area contributed by atoms with Crippen LogP contribution in [0.4, 0.5) is 0 Å². The zero-order valence-corrected chi connectivity index (χ0v) is 10.8. The highest BCUT2D eigenvalue weighted by atomic mass is 32.1. The van der Waals surface area contributed by atoms with E-state index in [1.807, 2.05) is 7.11 Å². The molecule has 1 aromatic rings. The lowest BCUT2D eigenvalue weighted by molar-refractivity contribution is -0.0434. The second-order valence-electron chi connectivity index (χ2n) is 4.68. The minimum absolute atomic E-state index is 0.0376. The van der Waals surface area contributed by atoms with Crippen LogP contribution >= 0.6 is 11.3 Å². The molecule has 0 aliphatic heterocycles. The molecule has 2 N–H and O–H groups in total. The maximum Gasteiger partial charge on any atom is 0.0878 e. The Kier molecular flexibility index (Phi) is 4.00. The first-order chi connectivity index (χ1) is 7.78. The van der Waals surface area contributed by atoms with E-state index in [0.29, 0.717) is 0 Å². The summed E-state index contributed by atoms with van der Waals surface area (Å²) < 4.78 is 5.83. The van der Waals surface area contributed by atoms with Crippen LogP contribution in [0.25, 0.3) is 0 Å². The van der Waals surface area contributed by atoms with Crippen LogP contribution in [-0.4, -0.2) is 12.7 Å². The van der Waals surface area contributed by atoms with Crippen molar-refractivity contribution in [3.05, 3.63) is 22.4 Å². The normalized spacial score (nSPS) is 22.6. The molecule has 1 saturated carbocycles. The fraction of sp³-hybridized carbons (Fsp3) is 0.692. The highest BCUT2D eigenvalue weighted by Gasteiger charge is 2.38. The van der Waals surface area contributed by atoms with Crippen molar-refractivity contribution >= 4 is 11.3 Å². The van der Waals surface area contributed by atoms with Gasteiger partial charge in [0.25, 0.3) is 0 Å². The van der Waals surface area contributed by atoms with E-state index >= 15 is 0 Å². The third-order valence-electron chi connectivity index (χ3n) is 3.77. The number of rotatable bonds is 3. The molecular weight excluding hydrogens is 218 g/mol. The van der Waals surface area contributed by atoms with E-state index in [-0.39, 0.29) is 11.6 Å². The van der Waals surface area contributed by atoms with Gasteiger partial charge in [0.2, 0.25) is 0 Å². The maximum absolute atomic E-state index is 6.41. The zero-order valence-electron chi connectivity index (χ0n) is 9.95. The van der Waals surface area contributed by atoms with Crippen molar-refractivity contribution in [1.82, 2.24) is 0 Å². The molecule has 1 aliphatic rings. The van der Waals surface area contributed by atoms with Gasteiger partial charge < -0.3 is 10.5 Å². The summed E-state index contributed by atoms with van der Waals surface area (Å²) in [6.45, 7) is 0. The summed E-state index contributed by atoms with van der Waals surface area (Å²) in [5.74, 6) is 0. The quantitative estimate of drug-likeness (QED) is 0.820. The molecule has 0 aromatic carbocycles. The van der Waals surface area contributed by atoms with Crippen LogP contribution in [0.15, 0.2) is 17.5 Å². The first kappa shape index (κ1) is 12.1. The molecule has 2 nitrogen and oxygen atoms in total. The average molecular weight is 239 g/mol. The van der Waals surface area contributed by atoms with Crippen molar-refractivity contribution in [3.63, 3.8) is 0 Å². The summed E-state index contributed by atoms with van der Waals surface area (Å²) in [4.78, 5) is 1.25. The fourth-order valence-corrected chi connectivity index (χ4v) is 3.53. The topological polar surface area (TPSA) is 35.2 Å². The minimum atomic E-state index is -0.124. The third-order valence-corrected chi connectivity index (χ3v) is 4.73. The first-order valence-corrected chi connectivity index (χ1v) is 7.00. The molecule has 0 saturated heterocycles. The summed E-state index contributed by atoms with van der Waals surface area (Å²) in [5.41, 5.74) is 6.29. The first-order valence-electron chi connectivity index (χ1n) is 6.13. The Hall–Kier alpha value is -0.380. The number of methoxy groups -OCH3 is 1. The van der Waals surface area contributed by atoms with E-state index in [1.54, 1.807) is 11.3 Å². The molecule has 0 spiro atoms. The summed E-state index contributed by atoms with van der Waals surface area (Å²) in [5, 5.41) is 2.09. The van der Waals surface area contributed by atoms with Gasteiger partial charge in [-0.15, -0.1) is 11.3 Å². The molecule has 2 rings (SSSR count). The van der Waals surface area contributed by atoms with Gasteiger partial charge in [-0.3, -0.25) is 0 Å². The average Bonchev–Trinajstić information content (AvgIpc) is 2.73. The van der Waals surface area contributed by atoms with Crippen LogP contribution in [-0.2, 0) is 4.74 Å². The van der Waals surface area contributed by atoms with E-state index in [0.717, 1.165) is 12.8 Å². The molecular formula is C13H21NOS. The SMILES string of the molecule is COC1(C(N)c2cccs2)CCCCCC1. The minimum Gasteiger partial charge on any atom is -0.376 e. The second-order valence-corrected chi connectivity index (χ2v) is 5.66. The van der Waals surface area contributed by atoms with Gasteiger partial charge in [0, 0.05) is 12.0 Å². The maximum atomic E-state index is 6.41. The molecule has 1 atom stereocenters. The second kappa shape index (κ2) is 5.30. The van der Waals surface area contributed by atoms with Crippen molar-refractivity contribution in [2.75, 3.05) is 7.11 Å². The Morgan fingerprint density at radius 2 is 2.00 bits per heavy atom. The van der Waals surface area contributed by atoms with Gasteiger partial charge in [-0.25, -0.2) is 0 Å². The molecule has 1 aromatic heterocycles. The Morgan fingerprint density at radius 3 is 2.50 bits per heavy atom. The van der Waals surface area contributed by atoms with Crippen LogP contribution in [0.3, 0.4) is 0 Å². The Bertz CT molecular complexity index is 302. The highest BCUT2D eigenvalue weighted by molar-refractivity contribution is 7.10. The van der Waals surface area contributed by atoms with Crippen molar-refractivity contribution in [3.8, 4) is 0 Å². The predicted octanol–water partition coefficient (Wildman–Crippen LogP) is 3.49. The fourth-order valence-electron chi connectivity index (χ4n) is 2.70. The van der Waals surface area contributed by atoms with Gasteiger partial charge in [0.1, 0.15) is 0 Å².